The molecule has 0 saturated carbocycles. The number of benzene rings is 2. The number of rotatable bonds is 7. The molecule has 9 heteroatoms. The highest BCUT2D eigenvalue weighted by molar-refractivity contribution is 7.92. The Labute approximate surface area is 182 Å². The molecule has 0 spiro atoms. The molecule has 1 N–H and O–H groups in total. The average molecular weight is 447 g/mol. The molecule has 0 bridgehead atoms. The topological polar surface area (TPSA) is 102 Å². The van der Waals surface area contributed by atoms with Crippen molar-refractivity contribution >= 4 is 27.6 Å². The quantitative estimate of drug-likeness (QED) is 0.655. The third kappa shape index (κ3) is 5.16. The van der Waals surface area contributed by atoms with Gasteiger partial charge in [0.1, 0.15) is 5.75 Å². The number of anilines is 1. The number of ether oxygens (including phenoxy) is 2. The molecule has 2 aromatic carbocycles. The first-order valence-electron chi connectivity index (χ1n) is 10.1. The number of likely N-dealkylation sites (tertiary alicyclic amines) is 1. The summed E-state index contributed by atoms with van der Waals surface area (Å²) < 4.78 is 38.8. The zero-order valence-corrected chi connectivity index (χ0v) is 18.4. The maximum atomic E-state index is 13.1. The summed E-state index contributed by atoms with van der Waals surface area (Å²) in [4.78, 5) is 26.8. The van der Waals surface area contributed by atoms with Gasteiger partial charge in [0, 0.05) is 13.1 Å². The van der Waals surface area contributed by atoms with Crippen molar-refractivity contribution < 1.29 is 27.5 Å². The van der Waals surface area contributed by atoms with E-state index in [1.54, 1.807) is 24.0 Å². The van der Waals surface area contributed by atoms with E-state index in [4.69, 9.17) is 9.47 Å². The fourth-order valence-electron chi connectivity index (χ4n) is 3.45. The van der Waals surface area contributed by atoms with Gasteiger partial charge >= 0.3 is 5.97 Å². The highest BCUT2D eigenvalue weighted by Gasteiger charge is 2.25. The van der Waals surface area contributed by atoms with Crippen LogP contribution in [0.2, 0.25) is 0 Å². The Balaban J connectivity index is 1.93. The molecule has 0 aromatic heterocycles. The second-order valence-electron chi connectivity index (χ2n) is 7.09. The Kier molecular flexibility index (Phi) is 7.17. The lowest BCUT2D eigenvalue weighted by molar-refractivity contribution is 0.0527. The molecule has 0 unspecified atom stereocenters. The van der Waals surface area contributed by atoms with Crippen molar-refractivity contribution in [2.45, 2.75) is 31.1 Å². The first-order chi connectivity index (χ1) is 14.9. The standard InChI is InChI=1S/C22H26N2O6S/c1-3-30-22(26)17-9-5-6-10-19(17)23-31(27,28)16-11-12-20(29-2)18(15-16)21(25)24-13-7-4-8-14-24/h5-6,9-12,15,23H,3-4,7-8,13-14H2,1-2H3. The van der Waals surface area contributed by atoms with Crippen LogP contribution in [0.25, 0.3) is 0 Å². The zero-order valence-electron chi connectivity index (χ0n) is 17.6. The van der Waals surface area contributed by atoms with Crippen molar-refractivity contribution in [1.29, 1.82) is 0 Å². The van der Waals surface area contributed by atoms with E-state index in [1.165, 1.54) is 37.4 Å². The van der Waals surface area contributed by atoms with Gasteiger partial charge in [-0.1, -0.05) is 12.1 Å². The largest absolute Gasteiger partial charge is 0.496 e. The molecule has 31 heavy (non-hydrogen) atoms. The molecule has 2 aromatic rings. The molecule has 1 fully saturated rings. The Hall–Kier alpha value is -3.07. The van der Waals surface area contributed by atoms with Gasteiger partial charge < -0.3 is 14.4 Å². The molecule has 1 saturated heterocycles. The molecule has 0 radical (unpaired) electrons. The zero-order chi connectivity index (χ0) is 22.4. The first-order valence-corrected chi connectivity index (χ1v) is 11.6. The molecule has 3 rings (SSSR count). The number of para-hydroxylation sites is 1. The second-order valence-corrected chi connectivity index (χ2v) is 8.77. The van der Waals surface area contributed by atoms with Gasteiger partial charge in [-0.05, 0) is 56.5 Å². The molecule has 0 atom stereocenters. The van der Waals surface area contributed by atoms with Gasteiger partial charge in [0.15, 0.2) is 0 Å². The van der Waals surface area contributed by atoms with Gasteiger partial charge in [0.2, 0.25) is 0 Å². The van der Waals surface area contributed by atoms with E-state index in [0.717, 1.165) is 19.3 Å². The number of piperidine rings is 1. The number of sulfonamides is 1. The van der Waals surface area contributed by atoms with Crippen molar-refractivity contribution in [2.24, 2.45) is 0 Å². The fraction of sp³-hybridized carbons (Fsp3) is 0.364. The summed E-state index contributed by atoms with van der Waals surface area (Å²) in [5.41, 5.74) is 0.387. The maximum Gasteiger partial charge on any atom is 0.340 e. The Morgan fingerprint density at radius 2 is 1.74 bits per heavy atom. The summed E-state index contributed by atoms with van der Waals surface area (Å²) in [6.45, 7) is 3.09. The van der Waals surface area contributed by atoms with E-state index in [0.29, 0.717) is 18.8 Å². The van der Waals surface area contributed by atoms with E-state index in [1.807, 2.05) is 0 Å². The molecule has 0 aliphatic carbocycles. The van der Waals surface area contributed by atoms with E-state index in [9.17, 15) is 18.0 Å². The number of hydrogen-bond acceptors (Lipinski definition) is 6. The van der Waals surface area contributed by atoms with Crippen LogP contribution in [-0.4, -0.2) is 52.0 Å². The monoisotopic (exact) mass is 446 g/mol. The Morgan fingerprint density at radius 1 is 1.03 bits per heavy atom. The van der Waals surface area contributed by atoms with Crippen LogP contribution in [0.4, 0.5) is 5.69 Å². The smallest absolute Gasteiger partial charge is 0.340 e. The van der Waals surface area contributed by atoms with E-state index in [2.05, 4.69) is 4.72 Å². The summed E-state index contributed by atoms with van der Waals surface area (Å²) in [5, 5.41) is 0. The third-order valence-electron chi connectivity index (χ3n) is 5.02. The lowest BCUT2D eigenvalue weighted by Gasteiger charge is -2.27. The van der Waals surface area contributed by atoms with Gasteiger partial charge in [-0.15, -0.1) is 0 Å². The molecule has 1 aliphatic rings. The van der Waals surface area contributed by atoms with E-state index < -0.39 is 16.0 Å². The number of amides is 1. The summed E-state index contributed by atoms with van der Waals surface area (Å²) in [5.74, 6) is -0.585. The highest BCUT2D eigenvalue weighted by Crippen LogP contribution is 2.27. The molecule has 1 aliphatic heterocycles. The molecule has 166 valence electrons. The molecule has 1 amide bonds. The summed E-state index contributed by atoms with van der Waals surface area (Å²) >= 11 is 0. The third-order valence-corrected chi connectivity index (χ3v) is 6.38. The summed E-state index contributed by atoms with van der Waals surface area (Å²) in [6.07, 6.45) is 2.90. The minimum Gasteiger partial charge on any atom is -0.496 e. The molecular weight excluding hydrogens is 420 g/mol. The van der Waals surface area contributed by atoms with Crippen LogP contribution in [0.3, 0.4) is 0 Å². The maximum absolute atomic E-state index is 13.1. The Bertz CT molecular complexity index is 1060. The number of carbonyl (C=O) groups excluding carboxylic acids is 2. The van der Waals surface area contributed by atoms with Gasteiger partial charge in [-0.3, -0.25) is 9.52 Å². The molecular formula is C22H26N2O6S. The van der Waals surface area contributed by atoms with Crippen molar-refractivity contribution in [3.63, 3.8) is 0 Å². The number of nitrogens with zero attached hydrogens (tertiary/aromatic N) is 1. The highest BCUT2D eigenvalue weighted by atomic mass is 32.2. The number of nitrogens with one attached hydrogen (secondary N) is 1. The number of hydrogen-bond donors (Lipinski definition) is 1. The normalized spacial score (nSPS) is 14.1. The van der Waals surface area contributed by atoms with Crippen LogP contribution in [0.15, 0.2) is 47.4 Å². The Morgan fingerprint density at radius 3 is 2.42 bits per heavy atom. The second kappa shape index (κ2) is 9.82. The van der Waals surface area contributed by atoms with Gasteiger partial charge in [-0.2, -0.15) is 0 Å². The summed E-state index contributed by atoms with van der Waals surface area (Å²) in [6, 6.07) is 10.3. The van der Waals surface area contributed by atoms with Crippen molar-refractivity contribution in [1.82, 2.24) is 4.90 Å². The van der Waals surface area contributed by atoms with Gasteiger partial charge in [0.25, 0.3) is 15.9 Å². The van der Waals surface area contributed by atoms with Crippen LogP contribution in [0.5, 0.6) is 5.75 Å². The van der Waals surface area contributed by atoms with E-state index >= 15 is 0 Å². The number of methoxy groups -OCH3 is 1. The van der Waals surface area contributed by atoms with Crippen molar-refractivity contribution in [2.75, 3.05) is 31.5 Å². The molecule has 1 heterocycles. The van der Waals surface area contributed by atoms with Crippen molar-refractivity contribution in [3.05, 3.63) is 53.6 Å². The van der Waals surface area contributed by atoms with Crippen LogP contribution in [0.1, 0.15) is 46.9 Å². The van der Waals surface area contributed by atoms with Crippen LogP contribution in [-0.2, 0) is 14.8 Å². The lowest BCUT2D eigenvalue weighted by Crippen LogP contribution is -2.35. The van der Waals surface area contributed by atoms with E-state index in [-0.39, 0.29) is 34.2 Å². The lowest BCUT2D eigenvalue weighted by atomic mass is 10.1. The minimum atomic E-state index is -4.08. The first kappa shape index (κ1) is 22.6. The van der Waals surface area contributed by atoms with Crippen LogP contribution in [0, 0.1) is 0 Å². The predicted molar refractivity (Wildman–Crippen MR) is 116 cm³/mol. The average Bonchev–Trinajstić information content (AvgIpc) is 2.79. The number of carbonyl (C=O) groups is 2. The summed E-state index contributed by atoms with van der Waals surface area (Å²) in [7, 11) is -2.65. The van der Waals surface area contributed by atoms with Crippen LogP contribution < -0.4 is 9.46 Å². The van der Waals surface area contributed by atoms with Gasteiger partial charge in [-0.25, -0.2) is 13.2 Å². The SMILES string of the molecule is CCOC(=O)c1ccccc1NS(=O)(=O)c1ccc(OC)c(C(=O)N2CCCCC2)c1. The van der Waals surface area contributed by atoms with Crippen LogP contribution >= 0.6 is 0 Å². The fourth-order valence-corrected chi connectivity index (χ4v) is 4.56. The minimum absolute atomic E-state index is 0.0978. The predicted octanol–water partition coefficient (Wildman–Crippen LogP) is 3.30. The van der Waals surface area contributed by atoms with Crippen molar-refractivity contribution in [3.8, 4) is 5.75 Å². The van der Waals surface area contributed by atoms with Gasteiger partial charge in [0.05, 0.1) is 35.4 Å². The number of esters is 1. The molecule has 8 nitrogen and oxygen atoms in total.